The van der Waals surface area contributed by atoms with Crippen molar-refractivity contribution in [1.82, 2.24) is 20.2 Å². The first kappa shape index (κ1) is 15.3. The Bertz CT molecular complexity index is 721. The molecule has 2 aromatic rings. The number of aromatic nitrogens is 3. The van der Waals surface area contributed by atoms with E-state index in [9.17, 15) is 4.79 Å². The summed E-state index contributed by atoms with van der Waals surface area (Å²) in [6, 6.07) is 1.86. The minimum atomic E-state index is -0.0688. The molecule has 3 heterocycles. The SMILES string of the molecule is Cc1cc(NC(=O)CCN2CCCC2c2noc(C3CC3)n2)no1. The zero-order valence-electron chi connectivity index (χ0n) is 13.7. The lowest BCUT2D eigenvalue weighted by molar-refractivity contribution is -0.116. The first-order chi connectivity index (χ1) is 11.7. The van der Waals surface area contributed by atoms with Crippen molar-refractivity contribution < 1.29 is 13.8 Å². The molecule has 4 rings (SSSR count). The lowest BCUT2D eigenvalue weighted by Gasteiger charge is -2.21. The average Bonchev–Trinajstić information content (AvgIpc) is 2.98. The molecule has 1 aliphatic heterocycles. The molecule has 1 atom stereocenters. The lowest BCUT2D eigenvalue weighted by Crippen LogP contribution is -2.28. The van der Waals surface area contributed by atoms with Crippen LogP contribution in [0.2, 0.25) is 0 Å². The van der Waals surface area contributed by atoms with Gasteiger partial charge in [-0.2, -0.15) is 4.98 Å². The Labute approximate surface area is 139 Å². The van der Waals surface area contributed by atoms with Gasteiger partial charge in [-0.3, -0.25) is 9.69 Å². The summed E-state index contributed by atoms with van der Waals surface area (Å²) in [5.41, 5.74) is 0. The Hall–Kier alpha value is -2.22. The van der Waals surface area contributed by atoms with E-state index >= 15 is 0 Å². The van der Waals surface area contributed by atoms with Crippen molar-refractivity contribution in [2.75, 3.05) is 18.4 Å². The van der Waals surface area contributed by atoms with Gasteiger partial charge in [0.15, 0.2) is 11.6 Å². The number of hydrogen-bond donors (Lipinski definition) is 1. The van der Waals surface area contributed by atoms with Crippen LogP contribution in [-0.2, 0) is 4.79 Å². The highest BCUT2D eigenvalue weighted by Gasteiger charge is 2.34. The van der Waals surface area contributed by atoms with Crippen molar-refractivity contribution in [3.8, 4) is 0 Å². The predicted molar refractivity (Wildman–Crippen MR) is 84.3 cm³/mol. The Morgan fingerprint density at radius 1 is 1.33 bits per heavy atom. The zero-order chi connectivity index (χ0) is 16.5. The zero-order valence-corrected chi connectivity index (χ0v) is 13.7. The fourth-order valence-corrected chi connectivity index (χ4v) is 3.14. The molecule has 24 heavy (non-hydrogen) atoms. The van der Waals surface area contributed by atoms with E-state index < -0.39 is 0 Å². The summed E-state index contributed by atoms with van der Waals surface area (Å²) >= 11 is 0. The molecule has 0 aromatic carbocycles. The smallest absolute Gasteiger partial charge is 0.229 e. The van der Waals surface area contributed by atoms with E-state index in [4.69, 9.17) is 9.05 Å². The monoisotopic (exact) mass is 331 g/mol. The second kappa shape index (κ2) is 6.35. The van der Waals surface area contributed by atoms with E-state index in [1.165, 1.54) is 0 Å². The van der Waals surface area contributed by atoms with Crippen LogP contribution < -0.4 is 5.32 Å². The van der Waals surface area contributed by atoms with E-state index in [0.717, 1.165) is 43.9 Å². The minimum Gasteiger partial charge on any atom is -0.360 e. The summed E-state index contributed by atoms with van der Waals surface area (Å²) in [4.78, 5) is 18.9. The maximum absolute atomic E-state index is 12.1. The second-order valence-electron chi connectivity index (χ2n) is 6.58. The molecular formula is C16H21N5O3. The van der Waals surface area contributed by atoms with Gasteiger partial charge < -0.3 is 14.4 Å². The van der Waals surface area contributed by atoms with Crippen LogP contribution in [-0.4, -0.2) is 39.2 Å². The number of nitrogens with one attached hydrogen (secondary N) is 1. The first-order valence-electron chi connectivity index (χ1n) is 8.50. The molecule has 8 nitrogen and oxygen atoms in total. The molecule has 0 radical (unpaired) electrons. The number of aryl methyl sites for hydroxylation is 1. The molecule has 0 spiro atoms. The number of carbonyl (C=O) groups is 1. The minimum absolute atomic E-state index is 0.0688. The number of rotatable bonds is 6. The molecule has 1 aliphatic carbocycles. The molecule has 0 bridgehead atoms. The van der Waals surface area contributed by atoms with Crippen LogP contribution in [0.3, 0.4) is 0 Å². The maximum Gasteiger partial charge on any atom is 0.229 e. The van der Waals surface area contributed by atoms with Gasteiger partial charge in [0.2, 0.25) is 11.8 Å². The van der Waals surface area contributed by atoms with Gasteiger partial charge in [0.25, 0.3) is 0 Å². The summed E-state index contributed by atoms with van der Waals surface area (Å²) in [5.74, 6) is 3.08. The quantitative estimate of drug-likeness (QED) is 0.868. The van der Waals surface area contributed by atoms with Crippen molar-refractivity contribution in [3.63, 3.8) is 0 Å². The number of nitrogens with zero attached hydrogens (tertiary/aromatic N) is 4. The van der Waals surface area contributed by atoms with Crippen LogP contribution in [0.15, 0.2) is 15.1 Å². The summed E-state index contributed by atoms with van der Waals surface area (Å²) in [5, 5.41) is 10.7. The highest BCUT2D eigenvalue weighted by atomic mass is 16.5. The number of likely N-dealkylation sites (tertiary alicyclic amines) is 1. The maximum atomic E-state index is 12.1. The van der Waals surface area contributed by atoms with Crippen molar-refractivity contribution in [2.24, 2.45) is 0 Å². The largest absolute Gasteiger partial charge is 0.360 e. The molecule has 2 aliphatic rings. The second-order valence-corrected chi connectivity index (χ2v) is 6.58. The van der Waals surface area contributed by atoms with Crippen LogP contribution >= 0.6 is 0 Å². The van der Waals surface area contributed by atoms with Crippen LogP contribution in [0.4, 0.5) is 5.82 Å². The van der Waals surface area contributed by atoms with Crippen LogP contribution in [0.5, 0.6) is 0 Å². The van der Waals surface area contributed by atoms with Gasteiger partial charge in [-0.1, -0.05) is 10.3 Å². The summed E-state index contributed by atoms with van der Waals surface area (Å²) in [6.07, 6.45) is 4.79. The third kappa shape index (κ3) is 3.33. The number of carbonyl (C=O) groups excluding carboxylic acids is 1. The Morgan fingerprint density at radius 3 is 2.96 bits per heavy atom. The standard InChI is InChI=1S/C16H21N5O3/c1-10-9-13(19-23-10)17-14(22)6-8-21-7-2-3-12(21)15-18-16(24-20-15)11-4-5-11/h9,11-12H,2-8H2,1H3,(H,17,19,22). The van der Waals surface area contributed by atoms with Gasteiger partial charge in [-0.15, -0.1) is 0 Å². The third-order valence-corrected chi connectivity index (χ3v) is 4.57. The van der Waals surface area contributed by atoms with E-state index in [0.29, 0.717) is 30.5 Å². The normalized spacial score (nSPS) is 21.3. The molecule has 128 valence electrons. The van der Waals surface area contributed by atoms with Crippen molar-refractivity contribution in [1.29, 1.82) is 0 Å². The first-order valence-corrected chi connectivity index (χ1v) is 8.50. The van der Waals surface area contributed by atoms with Gasteiger partial charge in [-0.05, 0) is 39.2 Å². The van der Waals surface area contributed by atoms with Gasteiger partial charge >= 0.3 is 0 Å². The van der Waals surface area contributed by atoms with Gasteiger partial charge in [-0.25, -0.2) is 0 Å². The number of hydrogen-bond acceptors (Lipinski definition) is 7. The molecule has 1 amide bonds. The molecule has 1 N–H and O–H groups in total. The fraction of sp³-hybridized carbons (Fsp3) is 0.625. The summed E-state index contributed by atoms with van der Waals surface area (Å²) in [6.45, 7) is 3.41. The van der Waals surface area contributed by atoms with Crippen LogP contribution in [0, 0.1) is 6.92 Å². The summed E-state index contributed by atoms with van der Waals surface area (Å²) < 4.78 is 10.3. The van der Waals surface area contributed by atoms with Gasteiger partial charge in [0.05, 0.1) is 6.04 Å². The van der Waals surface area contributed by atoms with E-state index in [1.54, 1.807) is 13.0 Å². The van der Waals surface area contributed by atoms with Crippen LogP contribution in [0.25, 0.3) is 0 Å². The topological polar surface area (TPSA) is 97.3 Å². The molecular weight excluding hydrogens is 310 g/mol. The lowest BCUT2D eigenvalue weighted by atomic mass is 10.2. The van der Waals surface area contributed by atoms with Crippen molar-refractivity contribution >= 4 is 11.7 Å². The molecule has 1 saturated heterocycles. The predicted octanol–water partition coefficient (Wildman–Crippen LogP) is 2.41. The van der Waals surface area contributed by atoms with E-state index in [1.807, 2.05) is 0 Å². The Kier molecular flexibility index (Phi) is 4.05. The highest BCUT2D eigenvalue weighted by Crippen LogP contribution is 2.40. The highest BCUT2D eigenvalue weighted by molar-refractivity contribution is 5.89. The molecule has 8 heteroatoms. The third-order valence-electron chi connectivity index (χ3n) is 4.57. The molecule has 1 unspecified atom stereocenters. The van der Waals surface area contributed by atoms with E-state index in [2.05, 4.69) is 25.5 Å². The average molecular weight is 331 g/mol. The fourth-order valence-electron chi connectivity index (χ4n) is 3.14. The van der Waals surface area contributed by atoms with Crippen molar-refractivity contribution in [3.05, 3.63) is 23.5 Å². The van der Waals surface area contributed by atoms with Gasteiger partial charge in [0, 0.05) is 24.9 Å². The van der Waals surface area contributed by atoms with Crippen LogP contribution in [0.1, 0.15) is 61.5 Å². The number of anilines is 1. The number of amides is 1. The molecule has 2 aromatic heterocycles. The molecule has 1 saturated carbocycles. The Morgan fingerprint density at radius 2 is 2.21 bits per heavy atom. The van der Waals surface area contributed by atoms with E-state index in [-0.39, 0.29) is 11.9 Å². The van der Waals surface area contributed by atoms with Crippen molar-refractivity contribution in [2.45, 2.75) is 51.0 Å². The summed E-state index contributed by atoms with van der Waals surface area (Å²) in [7, 11) is 0. The van der Waals surface area contributed by atoms with Gasteiger partial charge in [0.1, 0.15) is 5.76 Å². The molecule has 2 fully saturated rings. The Balaban J connectivity index is 1.32.